The van der Waals surface area contributed by atoms with Gasteiger partial charge in [-0.1, -0.05) is 25.0 Å². The van der Waals surface area contributed by atoms with E-state index in [1.807, 2.05) is 11.4 Å². The molecule has 0 bridgehead atoms. The van der Waals surface area contributed by atoms with E-state index in [-0.39, 0.29) is 27.9 Å². The lowest BCUT2D eigenvalue weighted by Gasteiger charge is -2.31. The third-order valence-electron chi connectivity index (χ3n) is 5.98. The number of hydrogen-bond acceptors (Lipinski definition) is 5. The summed E-state index contributed by atoms with van der Waals surface area (Å²) >= 11 is 1.40. The molecule has 2 aliphatic rings. The Bertz CT molecular complexity index is 1010. The first-order valence-corrected chi connectivity index (χ1v) is 12.9. The summed E-state index contributed by atoms with van der Waals surface area (Å²) in [6.07, 6.45) is 4.78. The van der Waals surface area contributed by atoms with Crippen LogP contribution in [0.5, 0.6) is 0 Å². The summed E-state index contributed by atoms with van der Waals surface area (Å²) in [5, 5.41) is 4.42. The van der Waals surface area contributed by atoms with Crippen molar-refractivity contribution in [2.24, 2.45) is 5.92 Å². The molecule has 1 aromatic heterocycles. The summed E-state index contributed by atoms with van der Waals surface area (Å²) in [7, 11) is -3.37. The molecule has 1 atom stereocenters. The molecule has 30 heavy (non-hydrogen) atoms. The minimum Gasteiger partial charge on any atom is -0.337 e. The van der Waals surface area contributed by atoms with Crippen molar-refractivity contribution in [2.45, 2.75) is 48.7 Å². The number of nitrogens with zero attached hydrogens (tertiary/aromatic N) is 1. The van der Waals surface area contributed by atoms with Crippen molar-refractivity contribution < 1.29 is 18.0 Å². The molecule has 8 heteroatoms. The van der Waals surface area contributed by atoms with Crippen LogP contribution in [-0.4, -0.2) is 43.5 Å². The number of carbonyl (C=O) groups excluding carboxylic acids is 2. The van der Waals surface area contributed by atoms with Crippen LogP contribution >= 0.6 is 11.3 Å². The minimum absolute atomic E-state index is 0.0350. The number of anilines is 1. The molecule has 2 amide bonds. The maximum Gasteiger partial charge on any atom is 0.263 e. The summed E-state index contributed by atoms with van der Waals surface area (Å²) in [5.74, 6) is -0.515. The highest BCUT2D eigenvalue weighted by molar-refractivity contribution is 7.92. The van der Waals surface area contributed by atoms with Crippen molar-refractivity contribution in [3.63, 3.8) is 0 Å². The molecule has 1 saturated heterocycles. The van der Waals surface area contributed by atoms with Crippen LogP contribution in [0.4, 0.5) is 5.69 Å². The molecule has 1 unspecified atom stereocenters. The molecular weight excluding hydrogens is 420 g/mol. The number of amides is 2. The zero-order valence-corrected chi connectivity index (χ0v) is 18.4. The van der Waals surface area contributed by atoms with Crippen molar-refractivity contribution in [1.29, 1.82) is 0 Å². The maximum absolute atomic E-state index is 12.8. The second-order valence-electron chi connectivity index (χ2n) is 8.04. The molecule has 2 fully saturated rings. The molecule has 1 N–H and O–H groups in total. The van der Waals surface area contributed by atoms with Gasteiger partial charge in [-0.15, -0.1) is 11.3 Å². The highest BCUT2D eigenvalue weighted by atomic mass is 32.2. The highest BCUT2D eigenvalue weighted by Crippen LogP contribution is 2.31. The van der Waals surface area contributed by atoms with Gasteiger partial charge in [0, 0.05) is 18.8 Å². The minimum atomic E-state index is -3.37. The standard InChI is InChI=1S/C22H26N2O4S2/c25-21(16-6-4-12-24(15-16)22(26)20-11-5-13-29-20)23-17-7-3-10-19(14-17)30(27,28)18-8-1-2-9-18/h3,5,7,10-11,13-14,16,18H,1-2,4,6,8-9,12,15H2,(H,23,25). The zero-order valence-electron chi connectivity index (χ0n) is 16.7. The predicted molar refractivity (Wildman–Crippen MR) is 117 cm³/mol. The Hall–Kier alpha value is -2.19. The van der Waals surface area contributed by atoms with Gasteiger partial charge >= 0.3 is 0 Å². The van der Waals surface area contributed by atoms with Gasteiger partial charge in [-0.05, 0) is 55.3 Å². The van der Waals surface area contributed by atoms with Gasteiger partial charge in [0.25, 0.3) is 5.91 Å². The van der Waals surface area contributed by atoms with E-state index in [1.165, 1.54) is 11.3 Å². The molecule has 160 valence electrons. The van der Waals surface area contributed by atoms with E-state index in [0.717, 1.165) is 19.3 Å². The smallest absolute Gasteiger partial charge is 0.263 e. The average Bonchev–Trinajstić information content (AvgIpc) is 3.48. The molecule has 1 aliphatic heterocycles. The lowest BCUT2D eigenvalue weighted by Crippen LogP contribution is -2.43. The van der Waals surface area contributed by atoms with Crippen LogP contribution in [0, 0.1) is 5.92 Å². The van der Waals surface area contributed by atoms with Crippen molar-refractivity contribution >= 4 is 38.7 Å². The van der Waals surface area contributed by atoms with E-state index in [2.05, 4.69) is 5.32 Å². The lowest BCUT2D eigenvalue weighted by molar-refractivity contribution is -0.121. The van der Waals surface area contributed by atoms with Gasteiger partial charge in [-0.3, -0.25) is 9.59 Å². The quantitative estimate of drug-likeness (QED) is 0.754. The highest BCUT2D eigenvalue weighted by Gasteiger charge is 2.31. The van der Waals surface area contributed by atoms with Crippen LogP contribution in [-0.2, 0) is 14.6 Å². The molecule has 6 nitrogen and oxygen atoms in total. The number of hydrogen-bond donors (Lipinski definition) is 1. The Morgan fingerprint density at radius 1 is 1.03 bits per heavy atom. The Labute approximate surface area is 181 Å². The van der Waals surface area contributed by atoms with Crippen molar-refractivity contribution in [2.75, 3.05) is 18.4 Å². The third-order valence-corrected chi connectivity index (χ3v) is 9.10. The SMILES string of the molecule is O=C(Nc1cccc(S(=O)(=O)C2CCCC2)c1)C1CCCN(C(=O)c2cccs2)C1. The number of rotatable bonds is 5. The number of thiophene rings is 1. The first-order valence-electron chi connectivity index (χ1n) is 10.4. The van der Waals surface area contributed by atoms with E-state index < -0.39 is 9.84 Å². The molecule has 0 radical (unpaired) electrons. The largest absolute Gasteiger partial charge is 0.337 e. The summed E-state index contributed by atoms with van der Waals surface area (Å²) in [4.78, 5) is 28.1. The first kappa shape index (κ1) is 21.1. The van der Waals surface area contributed by atoms with Crippen molar-refractivity contribution in [3.05, 3.63) is 46.7 Å². The van der Waals surface area contributed by atoms with Gasteiger partial charge in [0.15, 0.2) is 9.84 Å². The van der Waals surface area contributed by atoms with Crippen LogP contribution in [0.25, 0.3) is 0 Å². The second kappa shape index (κ2) is 8.89. The van der Waals surface area contributed by atoms with E-state index in [9.17, 15) is 18.0 Å². The van der Waals surface area contributed by atoms with E-state index in [0.29, 0.717) is 42.9 Å². The van der Waals surface area contributed by atoms with Gasteiger partial charge in [0.1, 0.15) is 0 Å². The predicted octanol–water partition coefficient (Wildman–Crippen LogP) is 3.96. The number of nitrogens with one attached hydrogen (secondary N) is 1. The average molecular weight is 447 g/mol. The van der Waals surface area contributed by atoms with E-state index in [4.69, 9.17) is 0 Å². The fourth-order valence-electron chi connectivity index (χ4n) is 4.32. The number of sulfone groups is 1. The van der Waals surface area contributed by atoms with Crippen LogP contribution in [0.2, 0.25) is 0 Å². The molecule has 1 aromatic carbocycles. The van der Waals surface area contributed by atoms with Gasteiger partial charge in [-0.2, -0.15) is 0 Å². The van der Waals surface area contributed by atoms with E-state index >= 15 is 0 Å². The monoisotopic (exact) mass is 446 g/mol. The number of piperidine rings is 1. The van der Waals surface area contributed by atoms with Crippen LogP contribution in [0.15, 0.2) is 46.7 Å². The number of likely N-dealkylation sites (tertiary alicyclic amines) is 1. The molecular formula is C22H26N2O4S2. The summed E-state index contributed by atoms with van der Waals surface area (Å²) in [6, 6.07) is 10.2. The molecule has 2 heterocycles. The van der Waals surface area contributed by atoms with Gasteiger partial charge in [0.2, 0.25) is 5.91 Å². The summed E-state index contributed by atoms with van der Waals surface area (Å²) in [6.45, 7) is 1.03. The van der Waals surface area contributed by atoms with Gasteiger partial charge < -0.3 is 10.2 Å². The summed E-state index contributed by atoms with van der Waals surface area (Å²) < 4.78 is 25.7. The van der Waals surface area contributed by atoms with Crippen LogP contribution < -0.4 is 5.32 Å². The van der Waals surface area contributed by atoms with Crippen LogP contribution in [0.3, 0.4) is 0 Å². The Morgan fingerprint density at radius 3 is 2.57 bits per heavy atom. The normalized spacial score (nSPS) is 20.3. The van der Waals surface area contributed by atoms with Crippen molar-refractivity contribution in [3.8, 4) is 0 Å². The topological polar surface area (TPSA) is 83.6 Å². The molecule has 1 aliphatic carbocycles. The fraction of sp³-hybridized carbons (Fsp3) is 0.455. The van der Waals surface area contributed by atoms with Gasteiger partial charge in [-0.25, -0.2) is 8.42 Å². The maximum atomic E-state index is 12.8. The second-order valence-corrected chi connectivity index (χ2v) is 11.2. The zero-order chi connectivity index (χ0) is 21.1. The molecule has 0 spiro atoms. The Balaban J connectivity index is 1.43. The third kappa shape index (κ3) is 4.44. The molecule has 2 aromatic rings. The fourth-order valence-corrected chi connectivity index (χ4v) is 6.91. The Kier molecular flexibility index (Phi) is 6.24. The Morgan fingerprint density at radius 2 is 1.83 bits per heavy atom. The van der Waals surface area contributed by atoms with Gasteiger partial charge in [0.05, 0.1) is 20.9 Å². The lowest BCUT2D eigenvalue weighted by atomic mass is 9.97. The molecule has 1 saturated carbocycles. The number of benzene rings is 1. The van der Waals surface area contributed by atoms with E-state index in [1.54, 1.807) is 35.2 Å². The van der Waals surface area contributed by atoms with Crippen molar-refractivity contribution in [1.82, 2.24) is 4.90 Å². The first-order chi connectivity index (χ1) is 14.4. The number of carbonyl (C=O) groups is 2. The summed E-state index contributed by atoms with van der Waals surface area (Å²) in [5.41, 5.74) is 0.487. The van der Waals surface area contributed by atoms with Crippen LogP contribution in [0.1, 0.15) is 48.2 Å². The molecule has 4 rings (SSSR count).